The third kappa shape index (κ3) is 17.8. The second kappa shape index (κ2) is 23.5. The summed E-state index contributed by atoms with van der Waals surface area (Å²) in [5, 5.41) is 22.1. The summed E-state index contributed by atoms with van der Waals surface area (Å²) in [6.07, 6.45) is 20.7. The lowest BCUT2D eigenvalue weighted by atomic mass is 10.0. The van der Waals surface area contributed by atoms with Gasteiger partial charge in [0.1, 0.15) is 24.9 Å². The molecule has 0 unspecified atom stereocenters. The fraction of sp³-hybridized carbons (Fsp3) is 0.933. The highest BCUT2D eigenvalue weighted by molar-refractivity contribution is 7.80. The number of thiocarbonyl (C=S) groups is 2. The predicted octanol–water partition coefficient (Wildman–Crippen LogP) is 8.01. The van der Waals surface area contributed by atoms with Gasteiger partial charge in [-0.05, 0) is 37.3 Å². The highest BCUT2D eigenvalue weighted by Crippen LogP contribution is 2.21. The second-order valence-electron chi connectivity index (χ2n) is 10.7. The van der Waals surface area contributed by atoms with Gasteiger partial charge in [0.05, 0.1) is 6.61 Å². The van der Waals surface area contributed by atoms with Crippen LogP contribution < -0.4 is 0 Å². The predicted molar refractivity (Wildman–Crippen MR) is 161 cm³/mol. The van der Waals surface area contributed by atoms with E-state index in [1.165, 1.54) is 89.9 Å². The maximum absolute atomic E-state index is 10.5. The highest BCUT2D eigenvalue weighted by Gasteiger charge is 2.40. The molecule has 1 saturated heterocycles. The first-order valence-corrected chi connectivity index (χ1v) is 16.1. The van der Waals surface area contributed by atoms with E-state index in [0.29, 0.717) is 16.5 Å². The Morgan fingerprint density at radius 2 is 1.08 bits per heavy atom. The molecule has 0 aromatic carbocycles. The maximum atomic E-state index is 10.5. The van der Waals surface area contributed by atoms with Gasteiger partial charge in [-0.3, -0.25) is 0 Å². The largest absolute Gasteiger partial charge is 0.484 e. The van der Waals surface area contributed by atoms with Crippen molar-refractivity contribution >= 4 is 34.5 Å². The van der Waals surface area contributed by atoms with Gasteiger partial charge in [-0.25, -0.2) is 0 Å². The smallest absolute Gasteiger partial charge is 0.160 e. The summed E-state index contributed by atoms with van der Waals surface area (Å²) in [5.41, 5.74) is 0. The molecular formula is C30H56O5S2. The van der Waals surface area contributed by atoms with Crippen molar-refractivity contribution in [3.05, 3.63) is 0 Å². The molecule has 218 valence electrons. The molecule has 1 aliphatic heterocycles. The van der Waals surface area contributed by atoms with Crippen molar-refractivity contribution in [3.63, 3.8) is 0 Å². The fourth-order valence-electron chi connectivity index (χ4n) is 4.74. The monoisotopic (exact) mass is 560 g/mol. The standard InChI is InChI=1S/C30H56O5S2/c1-3-5-7-9-11-13-15-17-19-21-27(36)34-23-25-29(31)30(32)26(24-33-25)35-28(37)22-20-18-16-14-12-10-8-6-4-2/h25-26,29-32H,3-24H2,1-2H3/t25-,26+,29-,30-/m0/s1. The molecule has 1 heterocycles. The third-order valence-electron chi connectivity index (χ3n) is 7.25. The lowest BCUT2D eigenvalue weighted by Gasteiger charge is -2.37. The van der Waals surface area contributed by atoms with Crippen LogP contribution in [0.2, 0.25) is 0 Å². The Morgan fingerprint density at radius 3 is 1.57 bits per heavy atom. The summed E-state index contributed by atoms with van der Waals surface area (Å²) in [6, 6.07) is 0. The van der Waals surface area contributed by atoms with Gasteiger partial charge in [-0.1, -0.05) is 117 Å². The molecule has 1 fully saturated rings. The van der Waals surface area contributed by atoms with Crippen LogP contribution in [-0.4, -0.2) is 57.9 Å². The molecule has 0 aromatic heterocycles. The summed E-state index contributed by atoms with van der Waals surface area (Å²) >= 11 is 10.7. The van der Waals surface area contributed by atoms with Crippen molar-refractivity contribution in [3.8, 4) is 0 Å². The number of hydrogen-bond donors (Lipinski definition) is 2. The highest BCUT2D eigenvalue weighted by atomic mass is 32.1. The van der Waals surface area contributed by atoms with Crippen LogP contribution in [0.25, 0.3) is 0 Å². The van der Waals surface area contributed by atoms with Gasteiger partial charge in [0.25, 0.3) is 0 Å². The summed E-state index contributed by atoms with van der Waals surface area (Å²) in [5.74, 6) is 0. The molecule has 4 atom stereocenters. The second-order valence-corrected chi connectivity index (χ2v) is 11.6. The maximum Gasteiger partial charge on any atom is 0.160 e. The number of ether oxygens (including phenoxy) is 3. The van der Waals surface area contributed by atoms with Gasteiger partial charge in [-0.15, -0.1) is 0 Å². The van der Waals surface area contributed by atoms with Crippen LogP contribution in [-0.2, 0) is 14.2 Å². The molecule has 1 aliphatic rings. The Morgan fingerprint density at radius 1 is 0.649 bits per heavy atom. The van der Waals surface area contributed by atoms with E-state index in [2.05, 4.69) is 13.8 Å². The van der Waals surface area contributed by atoms with E-state index in [0.717, 1.165) is 32.1 Å². The van der Waals surface area contributed by atoms with Crippen LogP contribution >= 0.6 is 24.4 Å². The zero-order chi connectivity index (χ0) is 27.1. The molecule has 5 nitrogen and oxygen atoms in total. The minimum Gasteiger partial charge on any atom is -0.484 e. The number of hydrogen-bond acceptors (Lipinski definition) is 7. The van der Waals surface area contributed by atoms with Gasteiger partial charge in [0.15, 0.2) is 16.2 Å². The Labute approximate surface area is 238 Å². The van der Waals surface area contributed by atoms with Crippen LogP contribution in [0.5, 0.6) is 0 Å². The molecule has 0 saturated carbocycles. The number of aliphatic hydroxyl groups is 2. The molecular weight excluding hydrogens is 504 g/mol. The van der Waals surface area contributed by atoms with Crippen LogP contribution in [0.4, 0.5) is 0 Å². The Kier molecular flexibility index (Phi) is 22.1. The summed E-state index contributed by atoms with van der Waals surface area (Å²) < 4.78 is 17.2. The zero-order valence-corrected chi connectivity index (χ0v) is 25.4. The normalized spacial score (nSPS) is 21.6. The summed E-state index contributed by atoms with van der Waals surface area (Å²) in [4.78, 5) is 0. The molecule has 0 bridgehead atoms. The van der Waals surface area contributed by atoms with Gasteiger partial charge >= 0.3 is 0 Å². The van der Waals surface area contributed by atoms with E-state index in [1.807, 2.05) is 0 Å². The molecule has 0 aromatic rings. The summed E-state index contributed by atoms with van der Waals surface area (Å²) in [6.45, 7) is 4.81. The van der Waals surface area contributed by atoms with Crippen LogP contribution in [0.3, 0.4) is 0 Å². The van der Waals surface area contributed by atoms with E-state index in [9.17, 15) is 10.2 Å². The third-order valence-corrected chi connectivity index (χ3v) is 7.87. The van der Waals surface area contributed by atoms with Crippen LogP contribution in [0.15, 0.2) is 0 Å². The number of rotatable bonds is 23. The van der Waals surface area contributed by atoms with E-state index in [4.69, 9.17) is 38.6 Å². The van der Waals surface area contributed by atoms with Gasteiger partial charge in [-0.2, -0.15) is 0 Å². The summed E-state index contributed by atoms with van der Waals surface area (Å²) in [7, 11) is 0. The minimum absolute atomic E-state index is 0.143. The molecule has 2 N–H and O–H groups in total. The Balaban J connectivity index is 2.09. The molecule has 7 heteroatoms. The molecule has 0 aliphatic carbocycles. The Hall–Kier alpha value is -0.340. The molecule has 0 radical (unpaired) electrons. The molecule has 0 spiro atoms. The number of aliphatic hydroxyl groups excluding tert-OH is 2. The van der Waals surface area contributed by atoms with Crippen molar-refractivity contribution in [2.24, 2.45) is 0 Å². The zero-order valence-electron chi connectivity index (χ0n) is 23.8. The average Bonchev–Trinajstić information content (AvgIpc) is 2.89. The van der Waals surface area contributed by atoms with E-state index in [-0.39, 0.29) is 13.2 Å². The quantitative estimate of drug-likeness (QED) is 0.0969. The Bertz CT molecular complexity index is 572. The lowest BCUT2D eigenvalue weighted by molar-refractivity contribution is -0.190. The first-order chi connectivity index (χ1) is 18.0. The van der Waals surface area contributed by atoms with E-state index >= 15 is 0 Å². The van der Waals surface area contributed by atoms with Gasteiger partial charge < -0.3 is 24.4 Å². The molecule has 1 rings (SSSR count). The first-order valence-electron chi connectivity index (χ1n) is 15.3. The van der Waals surface area contributed by atoms with Crippen molar-refractivity contribution in [2.45, 2.75) is 167 Å². The lowest BCUT2D eigenvalue weighted by Crippen LogP contribution is -2.55. The van der Waals surface area contributed by atoms with Crippen LogP contribution in [0.1, 0.15) is 142 Å². The SMILES string of the molecule is CCCCCCCCCCCC(=S)OC[C@@H]1OC[C@@H](OC(=S)CCCCCCCCCCC)[C@H](O)[C@H]1O. The topological polar surface area (TPSA) is 68.2 Å². The van der Waals surface area contributed by atoms with E-state index < -0.39 is 24.4 Å². The molecule has 37 heavy (non-hydrogen) atoms. The van der Waals surface area contributed by atoms with Crippen molar-refractivity contribution in [1.82, 2.24) is 0 Å². The average molecular weight is 561 g/mol. The number of unbranched alkanes of at least 4 members (excludes halogenated alkanes) is 16. The first kappa shape index (κ1) is 34.7. The molecule has 0 amide bonds. The van der Waals surface area contributed by atoms with Gasteiger partial charge in [0.2, 0.25) is 0 Å². The van der Waals surface area contributed by atoms with Gasteiger partial charge in [0, 0.05) is 12.8 Å². The van der Waals surface area contributed by atoms with E-state index in [1.54, 1.807) is 0 Å². The van der Waals surface area contributed by atoms with Crippen molar-refractivity contribution < 1.29 is 24.4 Å². The fourth-order valence-corrected chi connectivity index (χ4v) is 5.22. The van der Waals surface area contributed by atoms with Crippen molar-refractivity contribution in [2.75, 3.05) is 13.2 Å². The van der Waals surface area contributed by atoms with Crippen LogP contribution in [0, 0.1) is 0 Å². The van der Waals surface area contributed by atoms with Crippen molar-refractivity contribution in [1.29, 1.82) is 0 Å². The minimum atomic E-state index is -1.09.